The molecule has 36 heavy (non-hydrogen) atoms. The van der Waals surface area contributed by atoms with Crippen molar-refractivity contribution in [1.82, 2.24) is 15.5 Å². The second-order valence-electron chi connectivity index (χ2n) is 10.4. The summed E-state index contributed by atoms with van der Waals surface area (Å²) in [6.07, 6.45) is -0.139. The van der Waals surface area contributed by atoms with Crippen LogP contribution in [0.5, 0.6) is 0 Å². The van der Waals surface area contributed by atoms with E-state index in [0.717, 1.165) is 11.1 Å². The molecule has 0 heterocycles. The van der Waals surface area contributed by atoms with Gasteiger partial charge >= 0.3 is 12.1 Å². The number of nitrogens with zero attached hydrogens (tertiary/aromatic N) is 1. The molecule has 1 unspecified atom stereocenters. The minimum Gasteiger partial charge on any atom is -0.466 e. The lowest BCUT2D eigenvalue weighted by molar-refractivity contribution is -0.147. The fourth-order valence-corrected chi connectivity index (χ4v) is 3.70. The van der Waals surface area contributed by atoms with Gasteiger partial charge in [0.2, 0.25) is 11.8 Å². The van der Waals surface area contributed by atoms with Gasteiger partial charge in [-0.1, -0.05) is 30.7 Å². The third-order valence-corrected chi connectivity index (χ3v) is 5.73. The van der Waals surface area contributed by atoms with Gasteiger partial charge in [0.1, 0.15) is 18.2 Å². The van der Waals surface area contributed by atoms with Gasteiger partial charge in [-0.25, -0.2) is 4.79 Å². The molecule has 202 valence electrons. The molecule has 0 radical (unpaired) electrons. The minimum atomic E-state index is -0.976. The average molecular weight is 506 g/mol. The normalized spacial score (nSPS) is 12.4. The maximum atomic E-state index is 13.6. The number of carbonyl (C=O) groups excluding carboxylic acids is 4. The van der Waals surface area contributed by atoms with E-state index in [1.807, 2.05) is 52.8 Å². The average Bonchev–Trinajstić information content (AvgIpc) is 2.75. The van der Waals surface area contributed by atoms with Crippen molar-refractivity contribution in [3.05, 3.63) is 34.9 Å². The van der Waals surface area contributed by atoms with Crippen LogP contribution < -0.4 is 10.6 Å². The maximum absolute atomic E-state index is 13.6. The van der Waals surface area contributed by atoms with Crippen molar-refractivity contribution in [2.45, 2.75) is 92.3 Å². The smallest absolute Gasteiger partial charge is 0.408 e. The van der Waals surface area contributed by atoms with Crippen LogP contribution >= 0.6 is 0 Å². The molecule has 0 saturated heterocycles. The Morgan fingerprint density at radius 2 is 1.64 bits per heavy atom. The van der Waals surface area contributed by atoms with Gasteiger partial charge in [0.15, 0.2) is 0 Å². The minimum absolute atomic E-state index is 0.0183. The van der Waals surface area contributed by atoms with Crippen molar-refractivity contribution in [1.29, 1.82) is 0 Å². The van der Waals surface area contributed by atoms with Crippen LogP contribution in [-0.4, -0.2) is 59.6 Å². The third-order valence-electron chi connectivity index (χ3n) is 5.73. The van der Waals surface area contributed by atoms with Crippen molar-refractivity contribution in [3.63, 3.8) is 0 Å². The SMILES string of the molecule is CCOC(=O)CCNC(=O)C(c1ccc(C)cc1C)N(C(=O)CNC(=O)OC(C)(C)C)C(C)(C)CC. The molecule has 0 aliphatic rings. The Hall–Kier alpha value is -3.10. The molecular weight excluding hydrogens is 462 g/mol. The van der Waals surface area contributed by atoms with E-state index in [9.17, 15) is 19.2 Å². The third kappa shape index (κ3) is 9.51. The lowest BCUT2D eigenvalue weighted by Crippen LogP contribution is -2.56. The van der Waals surface area contributed by atoms with Gasteiger partial charge in [0.25, 0.3) is 0 Å². The first-order valence-corrected chi connectivity index (χ1v) is 12.4. The summed E-state index contributed by atoms with van der Waals surface area (Å²) in [5.74, 6) is -1.26. The molecule has 0 spiro atoms. The van der Waals surface area contributed by atoms with Crippen molar-refractivity contribution in [2.75, 3.05) is 19.7 Å². The summed E-state index contributed by atoms with van der Waals surface area (Å²) in [6.45, 7) is 16.4. The maximum Gasteiger partial charge on any atom is 0.408 e. The van der Waals surface area contributed by atoms with E-state index >= 15 is 0 Å². The van der Waals surface area contributed by atoms with Crippen molar-refractivity contribution >= 4 is 23.9 Å². The highest BCUT2D eigenvalue weighted by molar-refractivity contribution is 5.91. The number of hydrogen-bond acceptors (Lipinski definition) is 6. The second kappa shape index (κ2) is 13.3. The van der Waals surface area contributed by atoms with Crippen molar-refractivity contribution in [3.8, 4) is 0 Å². The molecule has 3 amide bonds. The van der Waals surface area contributed by atoms with Crippen LogP contribution in [0.15, 0.2) is 18.2 Å². The van der Waals surface area contributed by atoms with Crippen LogP contribution in [0.3, 0.4) is 0 Å². The lowest BCUT2D eigenvalue weighted by atomic mass is 9.90. The Balaban J connectivity index is 3.35. The first-order chi connectivity index (χ1) is 16.6. The fraction of sp³-hybridized carbons (Fsp3) is 0.630. The Labute approximate surface area is 215 Å². The van der Waals surface area contributed by atoms with E-state index in [4.69, 9.17) is 9.47 Å². The molecule has 0 bridgehead atoms. The zero-order chi connectivity index (χ0) is 27.7. The van der Waals surface area contributed by atoms with Crippen LogP contribution in [0.4, 0.5) is 4.79 Å². The number of alkyl carbamates (subject to hydrolysis) is 1. The highest BCUT2D eigenvalue weighted by Gasteiger charge is 2.40. The number of rotatable bonds is 11. The molecule has 0 aliphatic carbocycles. The van der Waals surface area contributed by atoms with Gasteiger partial charge in [0.05, 0.1) is 13.0 Å². The van der Waals surface area contributed by atoms with Gasteiger partial charge < -0.3 is 25.0 Å². The first kappa shape index (κ1) is 30.9. The Bertz CT molecular complexity index is 936. The predicted molar refractivity (Wildman–Crippen MR) is 138 cm³/mol. The number of benzene rings is 1. The number of hydrogen-bond donors (Lipinski definition) is 2. The zero-order valence-corrected chi connectivity index (χ0v) is 23.2. The quantitative estimate of drug-likeness (QED) is 0.440. The number of amides is 3. The van der Waals surface area contributed by atoms with Crippen LogP contribution in [0.2, 0.25) is 0 Å². The van der Waals surface area contributed by atoms with Crippen LogP contribution in [0, 0.1) is 13.8 Å². The summed E-state index contributed by atoms with van der Waals surface area (Å²) < 4.78 is 10.2. The van der Waals surface area contributed by atoms with E-state index in [0.29, 0.717) is 12.0 Å². The molecule has 0 fully saturated rings. The summed E-state index contributed by atoms with van der Waals surface area (Å²) >= 11 is 0. The topological polar surface area (TPSA) is 114 Å². The molecule has 1 aromatic carbocycles. The number of esters is 1. The van der Waals surface area contributed by atoms with Crippen molar-refractivity contribution < 1.29 is 28.7 Å². The van der Waals surface area contributed by atoms with E-state index < -0.39 is 41.1 Å². The monoisotopic (exact) mass is 505 g/mol. The molecule has 1 rings (SSSR count). The molecule has 0 aromatic heterocycles. The van der Waals surface area contributed by atoms with Crippen LogP contribution in [0.1, 0.15) is 84.0 Å². The Kier molecular flexibility index (Phi) is 11.4. The van der Waals surface area contributed by atoms with E-state index in [1.165, 1.54) is 4.90 Å². The van der Waals surface area contributed by atoms with E-state index in [2.05, 4.69) is 10.6 Å². The molecular formula is C27H43N3O6. The lowest BCUT2D eigenvalue weighted by Gasteiger charge is -2.43. The first-order valence-electron chi connectivity index (χ1n) is 12.4. The van der Waals surface area contributed by atoms with E-state index in [1.54, 1.807) is 27.7 Å². The highest BCUT2D eigenvalue weighted by atomic mass is 16.6. The summed E-state index contributed by atoms with van der Waals surface area (Å²) in [5, 5.41) is 5.31. The molecule has 1 atom stereocenters. The van der Waals surface area contributed by atoms with Gasteiger partial charge in [-0.15, -0.1) is 0 Å². The highest BCUT2D eigenvalue weighted by Crippen LogP contribution is 2.33. The Morgan fingerprint density at radius 3 is 2.17 bits per heavy atom. The molecule has 9 nitrogen and oxygen atoms in total. The number of carbonyl (C=O) groups is 4. The molecule has 1 aromatic rings. The largest absolute Gasteiger partial charge is 0.466 e. The summed E-state index contributed by atoms with van der Waals surface area (Å²) in [7, 11) is 0. The van der Waals surface area contributed by atoms with Crippen LogP contribution in [0.25, 0.3) is 0 Å². The molecule has 0 saturated carbocycles. The summed E-state index contributed by atoms with van der Waals surface area (Å²) in [4.78, 5) is 52.6. The van der Waals surface area contributed by atoms with Crippen LogP contribution in [-0.2, 0) is 23.9 Å². The molecule has 0 aliphatic heterocycles. The zero-order valence-electron chi connectivity index (χ0n) is 23.2. The van der Waals surface area contributed by atoms with E-state index in [-0.39, 0.29) is 26.1 Å². The second-order valence-corrected chi connectivity index (χ2v) is 10.4. The number of ether oxygens (including phenoxy) is 2. The van der Waals surface area contributed by atoms with Gasteiger partial charge in [0, 0.05) is 12.1 Å². The summed E-state index contributed by atoms with van der Waals surface area (Å²) in [5.41, 5.74) is 1.10. The molecule has 9 heteroatoms. The standard InChI is InChI=1S/C27H43N3O6/c1-10-27(8,9)30(21(31)17-29-25(34)36-26(5,6)7)23(20-13-12-18(3)16-19(20)4)24(33)28-15-14-22(32)35-11-2/h12-13,16,23H,10-11,14-15,17H2,1-9H3,(H,28,33)(H,29,34). The van der Waals surface area contributed by atoms with Gasteiger partial charge in [-0.3, -0.25) is 14.4 Å². The Morgan fingerprint density at radius 1 is 1.00 bits per heavy atom. The number of aryl methyl sites for hydroxylation is 2. The fourth-order valence-electron chi connectivity index (χ4n) is 3.70. The van der Waals surface area contributed by atoms with Gasteiger partial charge in [-0.05, 0) is 72.9 Å². The van der Waals surface area contributed by atoms with Gasteiger partial charge in [-0.2, -0.15) is 0 Å². The molecule has 2 N–H and O–H groups in total. The number of nitrogens with one attached hydrogen (secondary N) is 2. The van der Waals surface area contributed by atoms with Crippen molar-refractivity contribution in [2.24, 2.45) is 0 Å². The summed E-state index contributed by atoms with van der Waals surface area (Å²) in [6, 6.07) is 4.71. The predicted octanol–water partition coefficient (Wildman–Crippen LogP) is 3.96.